The number of rotatable bonds is 7. The Hall–Kier alpha value is -3.21. The van der Waals surface area contributed by atoms with Gasteiger partial charge in [-0.15, -0.1) is 0 Å². The normalized spacial score (nSPS) is 11.3. The predicted molar refractivity (Wildman–Crippen MR) is 123 cm³/mol. The molecule has 0 saturated heterocycles. The first-order valence-electron chi connectivity index (χ1n) is 9.35. The topological polar surface area (TPSA) is 114 Å². The maximum Gasteiger partial charge on any atom is 0.261 e. The Morgan fingerprint density at radius 3 is 2.69 bits per heavy atom. The van der Waals surface area contributed by atoms with E-state index in [0.29, 0.717) is 22.1 Å². The summed E-state index contributed by atoms with van der Waals surface area (Å²) in [4.78, 5) is 21.5. The number of pyridine rings is 1. The monoisotopic (exact) mass is 488 g/mol. The second-order valence-electron chi connectivity index (χ2n) is 6.72. The lowest BCUT2D eigenvalue weighted by Crippen LogP contribution is -2.13. The van der Waals surface area contributed by atoms with Crippen molar-refractivity contribution in [2.24, 2.45) is 0 Å². The van der Waals surface area contributed by atoms with E-state index >= 15 is 0 Å². The van der Waals surface area contributed by atoms with Crippen LogP contribution in [0, 0.1) is 6.92 Å². The van der Waals surface area contributed by atoms with Crippen molar-refractivity contribution in [3.63, 3.8) is 0 Å². The van der Waals surface area contributed by atoms with Crippen LogP contribution in [0.25, 0.3) is 10.4 Å². The van der Waals surface area contributed by atoms with Gasteiger partial charge in [-0.05, 0) is 37.3 Å². The molecule has 0 spiro atoms. The Labute approximate surface area is 193 Å². The van der Waals surface area contributed by atoms with Crippen molar-refractivity contribution in [3.05, 3.63) is 77.6 Å². The third kappa shape index (κ3) is 4.98. The zero-order valence-electron chi connectivity index (χ0n) is 16.7. The van der Waals surface area contributed by atoms with Gasteiger partial charge < -0.3 is 9.73 Å². The molecule has 164 valence electrons. The summed E-state index contributed by atoms with van der Waals surface area (Å²) in [6.07, 6.45) is 3.12. The first kappa shape index (κ1) is 22.0. The van der Waals surface area contributed by atoms with E-state index in [0.717, 1.165) is 4.88 Å². The fraction of sp³-hybridized carbons (Fsp3) is 0.0952. The van der Waals surface area contributed by atoms with Gasteiger partial charge >= 0.3 is 0 Å². The van der Waals surface area contributed by atoms with Gasteiger partial charge in [0.25, 0.3) is 10.0 Å². The van der Waals surface area contributed by atoms with Gasteiger partial charge in [-0.25, -0.2) is 18.4 Å². The third-order valence-electron chi connectivity index (χ3n) is 4.36. The highest BCUT2D eigenvalue weighted by Gasteiger charge is 2.19. The Bertz CT molecular complexity index is 1350. The van der Waals surface area contributed by atoms with Gasteiger partial charge in [0.15, 0.2) is 10.3 Å². The summed E-state index contributed by atoms with van der Waals surface area (Å²) < 4.78 is 33.0. The largest absolute Gasteiger partial charge is 0.469 e. The lowest BCUT2D eigenvalue weighted by atomic mass is 10.2. The van der Waals surface area contributed by atoms with Gasteiger partial charge in [0.2, 0.25) is 5.91 Å². The molecule has 0 aliphatic heterocycles. The van der Waals surface area contributed by atoms with Crippen molar-refractivity contribution in [2.75, 3.05) is 10.0 Å². The Kier molecular flexibility index (Phi) is 6.26. The molecule has 0 bridgehead atoms. The van der Waals surface area contributed by atoms with Crippen molar-refractivity contribution < 1.29 is 17.6 Å². The van der Waals surface area contributed by atoms with E-state index in [1.54, 1.807) is 43.3 Å². The van der Waals surface area contributed by atoms with Crippen LogP contribution >= 0.6 is 22.9 Å². The zero-order valence-corrected chi connectivity index (χ0v) is 19.1. The molecule has 0 aliphatic carbocycles. The summed E-state index contributed by atoms with van der Waals surface area (Å²) in [6, 6.07) is 13.0. The van der Waals surface area contributed by atoms with Crippen molar-refractivity contribution in [1.82, 2.24) is 9.97 Å². The van der Waals surface area contributed by atoms with E-state index in [1.165, 1.54) is 35.9 Å². The SMILES string of the molecule is Cc1nc(NC(=O)Cc2ccco2)sc1-c1cnc(Cl)c(NS(=O)(=O)c2ccccc2)c1. The van der Waals surface area contributed by atoms with Crippen molar-refractivity contribution in [2.45, 2.75) is 18.2 Å². The van der Waals surface area contributed by atoms with Crippen LogP contribution in [0.1, 0.15) is 11.5 Å². The van der Waals surface area contributed by atoms with Gasteiger partial charge in [0, 0.05) is 11.8 Å². The molecule has 0 aliphatic rings. The number of hydrogen-bond donors (Lipinski definition) is 2. The maximum absolute atomic E-state index is 12.7. The lowest BCUT2D eigenvalue weighted by Gasteiger charge is -2.10. The minimum atomic E-state index is -3.83. The molecule has 4 rings (SSSR count). The predicted octanol–water partition coefficient (Wildman–Crippen LogP) is 4.74. The summed E-state index contributed by atoms with van der Waals surface area (Å²) >= 11 is 7.39. The maximum atomic E-state index is 12.7. The summed E-state index contributed by atoms with van der Waals surface area (Å²) in [5.74, 6) is 0.291. The number of amides is 1. The summed E-state index contributed by atoms with van der Waals surface area (Å²) in [5, 5.41) is 3.18. The van der Waals surface area contributed by atoms with Crippen LogP contribution in [0.3, 0.4) is 0 Å². The molecule has 0 fully saturated rings. The quantitative estimate of drug-likeness (QED) is 0.363. The average molecular weight is 489 g/mol. The van der Waals surface area contributed by atoms with Gasteiger partial charge in [-0.1, -0.05) is 41.1 Å². The molecule has 0 saturated carbocycles. The number of anilines is 2. The number of sulfonamides is 1. The first-order chi connectivity index (χ1) is 15.3. The van der Waals surface area contributed by atoms with Crippen LogP contribution in [-0.2, 0) is 21.2 Å². The fourth-order valence-corrected chi connectivity index (χ4v) is 5.15. The highest BCUT2D eigenvalue weighted by molar-refractivity contribution is 7.92. The van der Waals surface area contributed by atoms with Crippen molar-refractivity contribution >= 4 is 49.7 Å². The fourth-order valence-electron chi connectivity index (χ4n) is 2.90. The summed E-state index contributed by atoms with van der Waals surface area (Å²) in [7, 11) is -3.83. The molecule has 3 heterocycles. The number of nitrogens with one attached hydrogen (secondary N) is 2. The minimum Gasteiger partial charge on any atom is -0.469 e. The zero-order chi connectivity index (χ0) is 22.7. The van der Waals surface area contributed by atoms with Crippen LogP contribution in [0.4, 0.5) is 10.8 Å². The molecule has 0 unspecified atom stereocenters. The number of aryl methyl sites for hydroxylation is 1. The second-order valence-corrected chi connectivity index (χ2v) is 9.76. The molecule has 11 heteroatoms. The minimum absolute atomic E-state index is 0.0161. The number of carbonyl (C=O) groups is 1. The van der Waals surface area contributed by atoms with Crippen LogP contribution in [0.5, 0.6) is 0 Å². The molecule has 1 aromatic carbocycles. The van der Waals surface area contributed by atoms with E-state index in [9.17, 15) is 13.2 Å². The highest BCUT2D eigenvalue weighted by Crippen LogP contribution is 2.35. The van der Waals surface area contributed by atoms with E-state index in [1.807, 2.05) is 0 Å². The van der Waals surface area contributed by atoms with E-state index in [-0.39, 0.29) is 28.1 Å². The number of nitrogens with zero attached hydrogens (tertiary/aromatic N) is 2. The Morgan fingerprint density at radius 2 is 1.97 bits per heavy atom. The number of benzene rings is 1. The Morgan fingerprint density at radius 1 is 1.19 bits per heavy atom. The Balaban J connectivity index is 1.56. The van der Waals surface area contributed by atoms with Crippen LogP contribution in [0.2, 0.25) is 5.15 Å². The standard InChI is InChI=1S/C21H17ClN4O4S2/c1-13-19(31-21(24-13)25-18(27)11-15-6-5-9-30-15)14-10-17(20(22)23-12-14)26-32(28,29)16-7-3-2-4-8-16/h2-10,12,26H,11H2,1H3,(H,24,25,27). The summed E-state index contributed by atoms with van der Waals surface area (Å²) in [6.45, 7) is 1.79. The van der Waals surface area contributed by atoms with E-state index in [4.69, 9.17) is 16.0 Å². The lowest BCUT2D eigenvalue weighted by molar-refractivity contribution is -0.115. The van der Waals surface area contributed by atoms with Crippen LogP contribution in [0.15, 0.2) is 70.3 Å². The smallest absolute Gasteiger partial charge is 0.261 e. The molecule has 32 heavy (non-hydrogen) atoms. The molecule has 8 nitrogen and oxygen atoms in total. The molecular formula is C21H17ClN4O4S2. The molecule has 0 atom stereocenters. The number of halogens is 1. The number of furan rings is 1. The second kappa shape index (κ2) is 9.11. The van der Waals surface area contributed by atoms with Crippen LogP contribution in [-0.4, -0.2) is 24.3 Å². The highest BCUT2D eigenvalue weighted by atomic mass is 35.5. The molecule has 0 radical (unpaired) electrons. The number of thiazole rings is 1. The van der Waals surface area contributed by atoms with Gasteiger partial charge in [0.05, 0.1) is 33.8 Å². The number of hydrogen-bond acceptors (Lipinski definition) is 7. The van der Waals surface area contributed by atoms with E-state index in [2.05, 4.69) is 20.0 Å². The first-order valence-corrected chi connectivity index (χ1v) is 12.0. The molecule has 2 N–H and O–H groups in total. The third-order valence-corrected chi connectivity index (χ3v) is 7.16. The van der Waals surface area contributed by atoms with Crippen molar-refractivity contribution in [1.29, 1.82) is 0 Å². The molecule has 1 amide bonds. The summed E-state index contributed by atoms with van der Waals surface area (Å²) in [5.41, 5.74) is 1.41. The van der Waals surface area contributed by atoms with Gasteiger partial charge in [-0.2, -0.15) is 0 Å². The molecular weight excluding hydrogens is 472 g/mol. The molecule has 4 aromatic rings. The number of carbonyl (C=O) groups excluding carboxylic acids is 1. The number of aromatic nitrogens is 2. The average Bonchev–Trinajstić information content (AvgIpc) is 3.39. The van der Waals surface area contributed by atoms with E-state index < -0.39 is 10.0 Å². The molecule has 3 aromatic heterocycles. The van der Waals surface area contributed by atoms with Gasteiger partial charge in [-0.3, -0.25) is 9.52 Å². The van der Waals surface area contributed by atoms with Crippen LogP contribution < -0.4 is 10.0 Å². The van der Waals surface area contributed by atoms with Crippen molar-refractivity contribution in [3.8, 4) is 10.4 Å². The van der Waals surface area contributed by atoms with Gasteiger partial charge in [0.1, 0.15) is 5.76 Å².